The second-order valence-corrected chi connectivity index (χ2v) is 17.8. The number of nitrogens with zero attached hydrogens (tertiary/aromatic N) is 1. The molecule has 1 atom stereocenters. The maximum atomic E-state index is 13.8. The summed E-state index contributed by atoms with van der Waals surface area (Å²) in [5.74, 6) is 1.25. The summed E-state index contributed by atoms with van der Waals surface area (Å²) in [6.07, 6.45) is 6.93. The van der Waals surface area contributed by atoms with Crippen molar-refractivity contribution < 1.29 is 28.4 Å². The Balaban J connectivity index is 1.12. The molecule has 0 saturated heterocycles. The lowest BCUT2D eigenvalue weighted by molar-refractivity contribution is -0.122. The molecular formula is C47H58N4O6PS+. The number of rotatable bonds is 22. The largest absolute Gasteiger partial charge is 0.492 e. The normalized spacial score (nSPS) is 13.8. The van der Waals surface area contributed by atoms with Crippen LogP contribution >= 0.6 is 6.92 Å². The molecule has 1 aliphatic rings. The highest BCUT2D eigenvalue weighted by molar-refractivity contribution is 8.02. The zero-order valence-electron chi connectivity index (χ0n) is 34.5. The van der Waals surface area contributed by atoms with E-state index in [1.807, 2.05) is 84.4 Å². The van der Waals surface area contributed by atoms with Gasteiger partial charge in [-0.05, 0) is 91.6 Å². The van der Waals surface area contributed by atoms with Crippen LogP contribution in [0.3, 0.4) is 0 Å². The average Bonchev–Trinajstić information content (AvgIpc) is 3.22. The third-order valence-electron chi connectivity index (χ3n) is 9.92. The van der Waals surface area contributed by atoms with Crippen molar-refractivity contribution >= 4 is 53.6 Å². The number of fused-ring (bicyclic) bond motifs is 2. The Labute approximate surface area is 355 Å². The minimum atomic E-state index is -0.715. The van der Waals surface area contributed by atoms with Crippen LogP contribution in [0.1, 0.15) is 97.8 Å². The highest BCUT2D eigenvalue weighted by Gasteiger charge is 2.26. The fourth-order valence-corrected chi connectivity index (χ4v) is 7.55. The summed E-state index contributed by atoms with van der Waals surface area (Å²) >= 11 is 5.07. The average molecular weight is 838 g/mol. The van der Waals surface area contributed by atoms with Gasteiger partial charge in [0.25, 0.3) is 0 Å². The molecule has 4 N–H and O–H groups in total. The number of hydrogen-bond donors (Lipinski definition) is 3. The molecule has 59 heavy (non-hydrogen) atoms. The van der Waals surface area contributed by atoms with E-state index in [2.05, 4.69) is 24.5 Å². The van der Waals surface area contributed by atoms with E-state index < -0.39 is 12.9 Å². The Hall–Kier alpha value is -5.09. The van der Waals surface area contributed by atoms with Gasteiger partial charge in [-0.2, -0.15) is 4.52 Å². The molecule has 0 spiro atoms. The lowest BCUT2D eigenvalue weighted by Gasteiger charge is -2.30. The minimum Gasteiger partial charge on any atom is -0.492 e. The fraction of sp³-hybridized carbons (Fsp3) is 0.383. The number of hydrogen-bond acceptors (Lipinski definition) is 9. The Bertz CT molecular complexity index is 2050. The van der Waals surface area contributed by atoms with Gasteiger partial charge in [0.15, 0.2) is 11.8 Å². The first-order valence-corrected chi connectivity index (χ1v) is 23.4. The zero-order chi connectivity index (χ0) is 42.0. The number of nitrogens with one attached hydrogen (secondary N) is 2. The van der Waals surface area contributed by atoms with Crippen molar-refractivity contribution in [2.24, 2.45) is 11.7 Å². The Morgan fingerprint density at radius 1 is 0.780 bits per heavy atom. The Morgan fingerprint density at radius 3 is 2.20 bits per heavy atom. The number of unbranched alkanes of at least 4 members (excludes halogenated alkanes) is 4. The van der Waals surface area contributed by atoms with Gasteiger partial charge >= 0.3 is 12.9 Å². The molecule has 2 amide bonds. The maximum absolute atomic E-state index is 13.8. The standard InChI is InChI=1S/C47H57N4O6PS/c1-34(2)32-35-20-24-39(25-21-35)57-47(54)36-22-26-38(27-23-36)55-31-29-50-46-40-15-7-6-14-37(40)33-51(42-17-9-8-16-41(42)45(46)48)44(53)19-11-10-18-43(52)49-28-12-4-5-13-30-56-58(3)59/h6-9,14-17,20-27,34,50H,4-5,10-13,18-19,28-33,48H2,1-3H3/p+1/b46-45-. The molecule has 5 rings (SSSR count). The highest BCUT2D eigenvalue weighted by atomic mass is 32.4. The van der Waals surface area contributed by atoms with Crippen molar-refractivity contribution in [1.82, 2.24) is 10.6 Å². The van der Waals surface area contributed by atoms with E-state index in [0.717, 1.165) is 60.2 Å². The van der Waals surface area contributed by atoms with E-state index in [0.29, 0.717) is 87.2 Å². The van der Waals surface area contributed by atoms with Crippen molar-refractivity contribution in [3.63, 3.8) is 0 Å². The van der Waals surface area contributed by atoms with Gasteiger partial charge in [0.05, 0.1) is 29.2 Å². The van der Waals surface area contributed by atoms with E-state index >= 15 is 0 Å². The first-order chi connectivity index (χ1) is 28.6. The van der Waals surface area contributed by atoms with Gasteiger partial charge in [-0.15, -0.1) is 0 Å². The van der Waals surface area contributed by atoms with Crippen LogP contribution in [0.15, 0.2) is 97.1 Å². The first-order valence-electron chi connectivity index (χ1n) is 20.6. The van der Waals surface area contributed by atoms with Crippen LogP contribution in [0.25, 0.3) is 11.4 Å². The monoisotopic (exact) mass is 837 g/mol. The molecule has 0 aromatic heterocycles. The van der Waals surface area contributed by atoms with Crippen molar-refractivity contribution in [3.05, 3.63) is 125 Å². The summed E-state index contributed by atoms with van der Waals surface area (Å²) in [7, 11) is 0. The molecule has 1 heterocycles. The molecule has 1 unspecified atom stereocenters. The van der Waals surface area contributed by atoms with Gasteiger partial charge in [0.2, 0.25) is 11.8 Å². The number of nitrogens with two attached hydrogens (primary N) is 1. The molecule has 0 fully saturated rings. The summed E-state index contributed by atoms with van der Waals surface area (Å²) in [5.41, 5.74) is 13.2. The van der Waals surface area contributed by atoms with Gasteiger partial charge < -0.3 is 30.7 Å². The number of carbonyl (C=O) groups excluding carboxylic acids is 3. The van der Waals surface area contributed by atoms with Gasteiger partial charge in [-0.3, -0.25) is 9.59 Å². The second-order valence-electron chi connectivity index (χ2n) is 15.1. The second kappa shape index (κ2) is 23.5. The summed E-state index contributed by atoms with van der Waals surface area (Å²) in [6, 6.07) is 30.2. The lowest BCUT2D eigenvalue weighted by Crippen LogP contribution is -2.34. The maximum Gasteiger partial charge on any atom is 0.343 e. The van der Waals surface area contributed by atoms with E-state index in [-0.39, 0.29) is 11.8 Å². The predicted octanol–water partition coefficient (Wildman–Crippen LogP) is 9.15. The number of carbonyl (C=O) groups is 3. The molecule has 4 aromatic rings. The van der Waals surface area contributed by atoms with Crippen LogP contribution in [0.5, 0.6) is 11.5 Å². The molecule has 4 aromatic carbocycles. The van der Waals surface area contributed by atoms with Gasteiger partial charge in [0, 0.05) is 37.1 Å². The highest BCUT2D eigenvalue weighted by Crippen LogP contribution is 2.35. The van der Waals surface area contributed by atoms with Crippen LogP contribution in [0.2, 0.25) is 0 Å². The van der Waals surface area contributed by atoms with Crippen LogP contribution in [-0.2, 0) is 38.9 Å². The number of anilines is 1. The van der Waals surface area contributed by atoms with Gasteiger partial charge in [0.1, 0.15) is 31.4 Å². The van der Waals surface area contributed by atoms with Crippen molar-refractivity contribution in [1.29, 1.82) is 0 Å². The summed E-state index contributed by atoms with van der Waals surface area (Å²) in [4.78, 5) is 40.9. The molecule has 312 valence electrons. The van der Waals surface area contributed by atoms with Crippen LogP contribution in [-0.4, -0.2) is 50.8 Å². The van der Waals surface area contributed by atoms with E-state index in [1.54, 1.807) is 24.3 Å². The quantitative estimate of drug-likeness (QED) is 0.0307. The third-order valence-corrected chi connectivity index (χ3v) is 10.8. The minimum absolute atomic E-state index is 0.0176. The summed E-state index contributed by atoms with van der Waals surface area (Å²) in [5, 5.41) is 6.52. The predicted molar refractivity (Wildman–Crippen MR) is 241 cm³/mol. The van der Waals surface area contributed by atoms with E-state index in [9.17, 15) is 14.4 Å². The van der Waals surface area contributed by atoms with Crippen LogP contribution in [0.4, 0.5) is 5.69 Å². The molecule has 0 aliphatic carbocycles. The van der Waals surface area contributed by atoms with Gasteiger partial charge in [-0.1, -0.05) is 81.3 Å². The zero-order valence-corrected chi connectivity index (χ0v) is 36.3. The van der Waals surface area contributed by atoms with Crippen molar-refractivity contribution in [2.45, 2.75) is 78.2 Å². The molecule has 0 saturated carbocycles. The smallest absolute Gasteiger partial charge is 0.343 e. The topological polar surface area (TPSA) is 132 Å². The number of para-hydroxylation sites is 1. The summed E-state index contributed by atoms with van der Waals surface area (Å²) in [6.45, 7) is 8.08. The van der Waals surface area contributed by atoms with Crippen LogP contribution < -0.4 is 30.7 Å². The third kappa shape index (κ3) is 14.3. The first kappa shape index (κ1) is 45.0. The Morgan fingerprint density at radius 2 is 1.46 bits per heavy atom. The number of esters is 1. The number of benzene rings is 4. The summed E-state index contributed by atoms with van der Waals surface area (Å²) < 4.78 is 17.1. The molecule has 1 aliphatic heterocycles. The van der Waals surface area contributed by atoms with E-state index in [1.165, 1.54) is 5.56 Å². The Kier molecular flexibility index (Phi) is 17.9. The van der Waals surface area contributed by atoms with Crippen LogP contribution in [0, 0.1) is 5.92 Å². The molecule has 0 radical (unpaired) electrons. The van der Waals surface area contributed by atoms with E-state index in [4.69, 9.17) is 31.5 Å². The molecule has 0 bridgehead atoms. The molecule has 12 heteroatoms. The number of amides is 2. The van der Waals surface area contributed by atoms with Crippen molar-refractivity contribution in [2.75, 3.05) is 37.9 Å². The fourth-order valence-electron chi connectivity index (χ4n) is 6.94. The molecular weight excluding hydrogens is 780 g/mol. The van der Waals surface area contributed by atoms with Gasteiger partial charge in [-0.25, -0.2) is 4.79 Å². The van der Waals surface area contributed by atoms with Crippen molar-refractivity contribution in [3.8, 4) is 11.5 Å². The lowest BCUT2D eigenvalue weighted by atomic mass is 9.95. The number of ether oxygens (including phenoxy) is 2. The molecule has 10 nitrogen and oxygen atoms in total. The SMILES string of the molecule is CC(C)Cc1ccc(OC(=O)c2ccc(OCCN/C3=C(\N)c4ccccc4N(C(=O)CCCCC(=O)NCCCCCCO[P+](C)=S)Cc4ccccc43)cc2)cc1.